The van der Waals surface area contributed by atoms with Crippen molar-refractivity contribution in [2.75, 3.05) is 50.8 Å². The molecule has 0 radical (unpaired) electrons. The first-order valence-corrected chi connectivity index (χ1v) is 13.3. The third-order valence-corrected chi connectivity index (χ3v) is 8.58. The Bertz CT molecular complexity index is 954. The minimum absolute atomic E-state index is 0.103. The van der Waals surface area contributed by atoms with Gasteiger partial charge in [0, 0.05) is 48.9 Å². The second-order valence-electron chi connectivity index (χ2n) is 9.69. The molecule has 0 spiro atoms. The highest BCUT2D eigenvalue weighted by atomic mass is 32.2. The topological polar surface area (TPSA) is 46.6 Å². The molecule has 5 nitrogen and oxygen atoms in total. The molecule has 6 heteroatoms. The van der Waals surface area contributed by atoms with E-state index in [1.165, 1.54) is 0 Å². The van der Waals surface area contributed by atoms with E-state index in [0.29, 0.717) is 12.5 Å². The van der Waals surface area contributed by atoms with Crippen molar-refractivity contribution in [2.24, 2.45) is 5.92 Å². The quantitative estimate of drug-likeness (QED) is 0.354. The molecular weight excluding hydrogens is 432 g/mol. The van der Waals surface area contributed by atoms with Crippen LogP contribution in [-0.4, -0.2) is 78.0 Å². The summed E-state index contributed by atoms with van der Waals surface area (Å²) >= 11 is 1.94. The molecule has 4 heterocycles. The lowest BCUT2D eigenvalue weighted by atomic mass is 9.82. The molecule has 4 fully saturated rings. The normalized spacial score (nSPS) is 28.2. The predicted octanol–water partition coefficient (Wildman–Crippen LogP) is 3.81. The van der Waals surface area contributed by atoms with Crippen LogP contribution in [0.4, 0.5) is 0 Å². The van der Waals surface area contributed by atoms with Crippen LogP contribution < -0.4 is 0 Å². The fourth-order valence-corrected chi connectivity index (χ4v) is 6.71. The molecule has 4 aliphatic heterocycles. The van der Waals surface area contributed by atoms with E-state index in [-0.39, 0.29) is 23.9 Å². The SMILES string of the molecule is O=C(C[N+]12CCC(CC1)[C@@H](OC(=O)C(c1ccccc1)N1CCSCC1)C2)c1ccccc1. The predicted molar refractivity (Wildman–Crippen MR) is 131 cm³/mol. The maximum atomic E-state index is 13.6. The summed E-state index contributed by atoms with van der Waals surface area (Å²) in [6.07, 6.45) is 1.95. The smallest absolute Gasteiger partial charge is 0.328 e. The van der Waals surface area contributed by atoms with Gasteiger partial charge in [0.2, 0.25) is 5.78 Å². The summed E-state index contributed by atoms with van der Waals surface area (Å²) in [5, 5.41) is 0. The summed E-state index contributed by atoms with van der Waals surface area (Å²) in [5.74, 6) is 2.57. The maximum Gasteiger partial charge on any atom is 0.328 e. The minimum atomic E-state index is -0.345. The van der Waals surface area contributed by atoms with Gasteiger partial charge in [0.15, 0.2) is 6.10 Å². The summed E-state index contributed by atoms with van der Waals surface area (Å²) in [6, 6.07) is 19.3. The van der Waals surface area contributed by atoms with E-state index in [0.717, 1.165) is 72.7 Å². The summed E-state index contributed by atoms with van der Waals surface area (Å²) < 4.78 is 7.04. The van der Waals surface area contributed by atoms with E-state index in [4.69, 9.17) is 4.74 Å². The second-order valence-corrected chi connectivity index (χ2v) is 10.9. The fourth-order valence-electron chi connectivity index (χ4n) is 5.78. The van der Waals surface area contributed by atoms with Crippen LogP contribution in [0.3, 0.4) is 0 Å². The molecule has 0 amide bonds. The molecule has 6 rings (SSSR count). The van der Waals surface area contributed by atoms with Crippen LogP contribution in [0.1, 0.15) is 34.8 Å². The number of benzene rings is 2. The first-order chi connectivity index (χ1) is 16.1. The van der Waals surface area contributed by atoms with Gasteiger partial charge in [-0.1, -0.05) is 60.7 Å². The zero-order valence-corrected chi connectivity index (χ0v) is 19.9. The molecule has 0 saturated carbocycles. The van der Waals surface area contributed by atoms with Crippen LogP contribution >= 0.6 is 11.8 Å². The molecule has 2 aromatic rings. The van der Waals surface area contributed by atoms with Crippen LogP contribution in [0.2, 0.25) is 0 Å². The number of quaternary nitrogens is 1. The third-order valence-electron chi connectivity index (χ3n) is 7.63. The number of rotatable bonds is 7. The first-order valence-electron chi connectivity index (χ1n) is 12.1. The molecule has 33 heavy (non-hydrogen) atoms. The zero-order chi connectivity index (χ0) is 22.7. The minimum Gasteiger partial charge on any atom is -0.455 e. The molecule has 1 unspecified atom stereocenters. The van der Waals surface area contributed by atoms with Gasteiger partial charge in [-0.25, -0.2) is 4.79 Å². The Kier molecular flexibility index (Phi) is 6.86. The Balaban J connectivity index is 1.30. The Morgan fingerprint density at radius 1 is 0.970 bits per heavy atom. The number of carbonyl (C=O) groups is 2. The molecule has 2 atom stereocenters. The average molecular weight is 466 g/mol. The van der Waals surface area contributed by atoms with Gasteiger partial charge in [0.25, 0.3) is 0 Å². The van der Waals surface area contributed by atoms with Crippen LogP contribution in [0.15, 0.2) is 60.7 Å². The highest BCUT2D eigenvalue weighted by molar-refractivity contribution is 7.99. The highest BCUT2D eigenvalue weighted by Crippen LogP contribution is 2.37. The summed E-state index contributed by atoms with van der Waals surface area (Å²) in [4.78, 5) is 28.9. The number of thioether (sulfide) groups is 1. The summed E-state index contributed by atoms with van der Waals surface area (Å²) in [5.41, 5.74) is 1.79. The summed E-state index contributed by atoms with van der Waals surface area (Å²) in [7, 11) is 0. The Morgan fingerprint density at radius 3 is 2.27 bits per heavy atom. The lowest BCUT2D eigenvalue weighted by molar-refractivity contribution is -0.938. The van der Waals surface area contributed by atoms with Gasteiger partial charge in [-0.3, -0.25) is 9.69 Å². The Labute approximate surface area is 200 Å². The van der Waals surface area contributed by atoms with Gasteiger partial charge < -0.3 is 9.22 Å². The van der Waals surface area contributed by atoms with Crippen LogP contribution in [-0.2, 0) is 9.53 Å². The van der Waals surface area contributed by atoms with Crippen LogP contribution in [0.25, 0.3) is 0 Å². The number of ether oxygens (including phenoxy) is 1. The van der Waals surface area contributed by atoms with Crippen molar-refractivity contribution in [1.29, 1.82) is 0 Å². The lowest BCUT2D eigenvalue weighted by Gasteiger charge is -2.51. The van der Waals surface area contributed by atoms with Gasteiger partial charge in [-0.15, -0.1) is 0 Å². The van der Waals surface area contributed by atoms with E-state index in [1.54, 1.807) is 0 Å². The lowest BCUT2D eigenvalue weighted by Crippen LogP contribution is -2.66. The van der Waals surface area contributed by atoms with Gasteiger partial charge in [0.05, 0.1) is 13.1 Å². The van der Waals surface area contributed by atoms with Gasteiger partial charge in [-0.05, 0) is 5.56 Å². The van der Waals surface area contributed by atoms with E-state index < -0.39 is 0 Å². The highest BCUT2D eigenvalue weighted by Gasteiger charge is 2.49. The molecular formula is C27H33N2O3S+. The number of hydrogen-bond donors (Lipinski definition) is 0. The van der Waals surface area contributed by atoms with Crippen LogP contribution in [0.5, 0.6) is 0 Å². The van der Waals surface area contributed by atoms with E-state index in [1.807, 2.05) is 72.4 Å². The zero-order valence-electron chi connectivity index (χ0n) is 19.1. The van der Waals surface area contributed by atoms with E-state index >= 15 is 0 Å². The molecule has 0 aromatic heterocycles. The molecule has 2 bridgehead atoms. The van der Waals surface area contributed by atoms with E-state index in [2.05, 4.69) is 4.90 Å². The molecule has 4 saturated heterocycles. The number of piperidine rings is 3. The van der Waals surface area contributed by atoms with Gasteiger partial charge >= 0.3 is 5.97 Å². The van der Waals surface area contributed by atoms with Crippen molar-refractivity contribution in [1.82, 2.24) is 4.90 Å². The Hall–Kier alpha value is -2.15. The molecule has 4 aliphatic rings. The van der Waals surface area contributed by atoms with Crippen molar-refractivity contribution in [3.63, 3.8) is 0 Å². The number of Topliss-reactive ketones (excluding diaryl/α,β-unsaturated/α-hetero) is 1. The third kappa shape index (κ3) is 5.03. The Morgan fingerprint density at radius 2 is 1.61 bits per heavy atom. The standard InChI is InChI=1S/C27H33N2O3S/c30-24(21-7-3-1-4-8-21)19-29-15-11-22(12-16-29)25(20-29)32-27(31)26(23-9-5-2-6-10-23)28-13-17-33-18-14-28/h1-10,22,25-26H,11-20H2/q+1/t22?,25-,26?,29?/m0/s1. The van der Waals surface area contributed by atoms with Gasteiger partial charge in [-0.2, -0.15) is 11.8 Å². The average Bonchev–Trinajstić information content (AvgIpc) is 2.86. The number of fused-ring (bicyclic) bond motifs is 3. The van der Waals surface area contributed by atoms with Crippen molar-refractivity contribution >= 4 is 23.5 Å². The maximum absolute atomic E-state index is 13.6. The number of hydrogen-bond acceptors (Lipinski definition) is 5. The van der Waals surface area contributed by atoms with Gasteiger partial charge in [0.1, 0.15) is 19.1 Å². The van der Waals surface area contributed by atoms with Crippen molar-refractivity contribution in [2.45, 2.75) is 25.0 Å². The largest absolute Gasteiger partial charge is 0.455 e. The van der Waals surface area contributed by atoms with Crippen molar-refractivity contribution < 1.29 is 18.8 Å². The molecule has 0 N–H and O–H groups in total. The first kappa shape index (κ1) is 22.6. The molecule has 0 aliphatic carbocycles. The molecule has 174 valence electrons. The van der Waals surface area contributed by atoms with E-state index in [9.17, 15) is 9.59 Å². The number of carbonyl (C=O) groups excluding carboxylic acids is 2. The monoisotopic (exact) mass is 465 g/mol. The van der Waals surface area contributed by atoms with Crippen LogP contribution in [0, 0.1) is 5.92 Å². The number of esters is 1. The summed E-state index contributed by atoms with van der Waals surface area (Å²) in [6.45, 7) is 5.06. The number of ketones is 1. The van der Waals surface area contributed by atoms with Crippen molar-refractivity contribution in [3.05, 3.63) is 71.8 Å². The fraction of sp³-hybridized carbons (Fsp3) is 0.481. The van der Waals surface area contributed by atoms with Crippen molar-refractivity contribution in [3.8, 4) is 0 Å². The number of nitrogens with zero attached hydrogens (tertiary/aromatic N) is 2. The molecule has 2 aromatic carbocycles. The second kappa shape index (κ2) is 10.00.